The lowest BCUT2D eigenvalue weighted by molar-refractivity contribution is -0.156. The van der Waals surface area contributed by atoms with Gasteiger partial charge in [0.05, 0.1) is 0 Å². The largest absolute Gasteiger partial charge is 0.349 e. The van der Waals surface area contributed by atoms with Crippen molar-refractivity contribution in [2.75, 3.05) is 0 Å². The van der Waals surface area contributed by atoms with Crippen LogP contribution < -0.4 is 5.32 Å². The summed E-state index contributed by atoms with van der Waals surface area (Å²) in [6, 6.07) is 0. The lowest BCUT2D eigenvalue weighted by Gasteiger charge is -2.11. The van der Waals surface area contributed by atoms with Crippen LogP contribution >= 0.6 is 0 Å². The average molecular weight is 104 g/mol. The summed E-state index contributed by atoms with van der Waals surface area (Å²) in [4.78, 5) is 9.26. The molecule has 0 unspecified atom stereocenters. The minimum Gasteiger partial charge on any atom is -0.349 e. The molecule has 0 aromatic rings. The summed E-state index contributed by atoms with van der Waals surface area (Å²) >= 11 is 0. The van der Waals surface area contributed by atoms with Crippen LogP contribution in [0.3, 0.4) is 0 Å². The first kappa shape index (κ1) is 6.39. The second kappa shape index (κ2) is 1.90. The first-order valence-electron chi connectivity index (χ1n) is 1.65. The van der Waals surface area contributed by atoms with Gasteiger partial charge in [-0.2, -0.15) is 0 Å². The fraction of sp³-hybridized carbons (Fsp3) is 0.667. The molecule has 4 nitrogen and oxygen atoms in total. The molecule has 0 bridgehead atoms. The van der Waals surface area contributed by atoms with E-state index < -0.39 is 5.91 Å². The molecule has 0 spiro atoms. The zero-order valence-electron chi connectivity index (χ0n) is 3.80. The highest BCUT2D eigenvalue weighted by Gasteiger charge is 2.11. The van der Waals surface area contributed by atoms with Crippen LogP contribution in [0.1, 0.15) is 6.92 Å². The van der Waals surface area contributed by atoms with Gasteiger partial charge in [-0.25, -0.2) is 0 Å². The van der Waals surface area contributed by atoms with E-state index in [1.165, 1.54) is 0 Å². The first-order chi connectivity index (χ1) is 3.06. The van der Waals surface area contributed by atoms with Crippen molar-refractivity contribution in [2.45, 2.75) is 12.8 Å². The molecule has 3 N–H and O–H groups in total. The summed E-state index contributed by atoms with van der Waals surface area (Å²) in [7, 11) is 0. The first-order valence-corrected chi connectivity index (χ1v) is 1.65. The molecular formula is C3H6NO3. The lowest BCUT2D eigenvalue weighted by atomic mass is 10.6. The molecule has 0 saturated heterocycles. The van der Waals surface area contributed by atoms with Gasteiger partial charge < -0.3 is 10.2 Å². The van der Waals surface area contributed by atoms with Crippen LogP contribution in [0.4, 0.5) is 0 Å². The summed E-state index contributed by atoms with van der Waals surface area (Å²) in [6.45, 7) is 1.01. The Bertz CT molecular complexity index is 65.1. The van der Waals surface area contributed by atoms with Crippen molar-refractivity contribution in [3.63, 3.8) is 0 Å². The maximum atomic E-state index is 9.26. The number of amides is 1. The van der Waals surface area contributed by atoms with Crippen molar-refractivity contribution in [1.29, 1.82) is 0 Å². The van der Waals surface area contributed by atoms with Crippen molar-refractivity contribution in [3.8, 4) is 0 Å². The topological polar surface area (TPSA) is 69.6 Å². The molecule has 0 heterocycles. The Morgan fingerprint density at radius 3 is 2.14 bits per heavy atom. The van der Waals surface area contributed by atoms with Crippen molar-refractivity contribution in [1.82, 2.24) is 5.32 Å². The Balaban J connectivity index is 3.34. The molecule has 4 heteroatoms. The van der Waals surface area contributed by atoms with Gasteiger partial charge in [-0.15, -0.1) is 0 Å². The van der Waals surface area contributed by atoms with Gasteiger partial charge in [0.1, 0.15) is 0 Å². The fourth-order valence-electron chi connectivity index (χ4n) is 0.0967. The molecule has 0 aromatic heterocycles. The van der Waals surface area contributed by atoms with E-state index in [4.69, 9.17) is 10.2 Å². The van der Waals surface area contributed by atoms with Crippen molar-refractivity contribution in [2.24, 2.45) is 0 Å². The average Bonchev–Trinajstić information content (AvgIpc) is 1.30. The van der Waals surface area contributed by atoms with Gasteiger partial charge in [-0.05, 0) is 0 Å². The number of aliphatic hydroxyl groups is 2. The quantitative estimate of drug-likeness (QED) is 0.289. The van der Waals surface area contributed by atoms with Crippen LogP contribution in [0, 0.1) is 0 Å². The molecule has 0 aliphatic heterocycles. The third kappa shape index (κ3) is 5.39. The third-order valence-corrected chi connectivity index (χ3v) is 0.288. The third-order valence-electron chi connectivity index (χ3n) is 0.288. The predicted molar refractivity (Wildman–Crippen MR) is 21.7 cm³/mol. The highest BCUT2D eigenvalue weighted by molar-refractivity contribution is 5.47. The van der Waals surface area contributed by atoms with Crippen LogP contribution in [-0.4, -0.2) is 22.5 Å². The molecule has 1 amide bonds. The molecule has 0 aliphatic carbocycles. The number of carbonyl (C=O) groups excluding carboxylic acids is 1. The highest BCUT2D eigenvalue weighted by atomic mass is 16.5. The van der Waals surface area contributed by atoms with Crippen molar-refractivity contribution in [3.05, 3.63) is 0 Å². The second-order valence-electron chi connectivity index (χ2n) is 1.25. The summed E-state index contributed by atoms with van der Waals surface area (Å²) < 4.78 is 0. The van der Waals surface area contributed by atoms with Crippen molar-refractivity contribution < 1.29 is 15.0 Å². The number of hydrogen-bond acceptors (Lipinski definition) is 3. The maximum Gasteiger partial charge on any atom is 0.313 e. The molecular weight excluding hydrogens is 98.0 g/mol. The molecule has 41 valence electrons. The van der Waals surface area contributed by atoms with Crippen molar-refractivity contribution >= 4 is 6.41 Å². The maximum absolute atomic E-state index is 9.26. The van der Waals surface area contributed by atoms with Gasteiger partial charge in [0, 0.05) is 6.92 Å². The summed E-state index contributed by atoms with van der Waals surface area (Å²) in [5, 5.41) is 18.0. The Labute approximate surface area is 40.8 Å². The molecule has 0 rings (SSSR count). The normalized spacial score (nSPS) is 10.7. The van der Waals surface area contributed by atoms with Gasteiger partial charge in [0.25, 0.3) is 0 Å². The summed E-state index contributed by atoms with van der Waals surface area (Å²) in [5.74, 6) is -2.12. The summed E-state index contributed by atoms with van der Waals surface area (Å²) in [6.07, 6.45) is 1.11. The van der Waals surface area contributed by atoms with E-state index in [9.17, 15) is 4.79 Å². The molecule has 1 radical (unpaired) electrons. The Kier molecular flexibility index (Phi) is 1.74. The zero-order valence-corrected chi connectivity index (χ0v) is 3.80. The minimum absolute atomic E-state index is 1.01. The van der Waals surface area contributed by atoms with Gasteiger partial charge in [-0.1, -0.05) is 0 Å². The Morgan fingerprint density at radius 2 is 2.14 bits per heavy atom. The van der Waals surface area contributed by atoms with Gasteiger partial charge in [0.15, 0.2) is 0 Å². The lowest BCUT2D eigenvalue weighted by Crippen LogP contribution is -2.40. The van der Waals surface area contributed by atoms with Crippen LogP contribution in [0.5, 0.6) is 0 Å². The van der Waals surface area contributed by atoms with Crippen LogP contribution in [-0.2, 0) is 4.79 Å². The number of rotatable bonds is 2. The number of nitrogens with one attached hydrogen (secondary N) is 1. The minimum atomic E-state index is -2.12. The monoisotopic (exact) mass is 104 g/mol. The zero-order chi connectivity index (χ0) is 5.91. The van der Waals surface area contributed by atoms with E-state index in [2.05, 4.69) is 0 Å². The fourth-order valence-corrected chi connectivity index (χ4v) is 0.0967. The van der Waals surface area contributed by atoms with E-state index in [1.54, 1.807) is 5.32 Å². The molecule has 0 fully saturated rings. The molecule has 0 aromatic carbocycles. The van der Waals surface area contributed by atoms with E-state index in [0.717, 1.165) is 13.3 Å². The summed E-state index contributed by atoms with van der Waals surface area (Å²) in [5.41, 5.74) is 0. The van der Waals surface area contributed by atoms with E-state index in [0.29, 0.717) is 0 Å². The molecule has 0 aliphatic rings. The molecule has 7 heavy (non-hydrogen) atoms. The van der Waals surface area contributed by atoms with E-state index in [-0.39, 0.29) is 0 Å². The van der Waals surface area contributed by atoms with Gasteiger partial charge in [-0.3, -0.25) is 10.1 Å². The highest BCUT2D eigenvalue weighted by Crippen LogP contribution is 1.83. The second-order valence-corrected chi connectivity index (χ2v) is 1.25. The standard InChI is InChI=1S/C3H6NO3/c1-3(6,7)4-2-5/h6-7H,1H3,(H,4,5). The van der Waals surface area contributed by atoms with Gasteiger partial charge >= 0.3 is 6.41 Å². The van der Waals surface area contributed by atoms with Crippen LogP contribution in [0.2, 0.25) is 0 Å². The van der Waals surface area contributed by atoms with E-state index >= 15 is 0 Å². The smallest absolute Gasteiger partial charge is 0.313 e. The Morgan fingerprint density at radius 1 is 1.71 bits per heavy atom. The van der Waals surface area contributed by atoms with Gasteiger partial charge in [0.2, 0.25) is 5.91 Å². The van der Waals surface area contributed by atoms with Crippen LogP contribution in [0.25, 0.3) is 0 Å². The number of hydrogen-bond donors (Lipinski definition) is 3. The Hall–Kier alpha value is -0.610. The van der Waals surface area contributed by atoms with Crippen LogP contribution in [0.15, 0.2) is 0 Å². The van der Waals surface area contributed by atoms with E-state index in [1.807, 2.05) is 0 Å². The predicted octanol–water partition coefficient (Wildman–Crippen LogP) is -1.70. The molecule has 0 atom stereocenters. The molecule has 0 saturated carbocycles. The SMILES string of the molecule is CC(O)(O)N[C]=O.